The Bertz CT molecular complexity index is 657. The van der Waals surface area contributed by atoms with Crippen molar-refractivity contribution in [3.05, 3.63) is 30.3 Å². The molecule has 0 bridgehead atoms. The predicted molar refractivity (Wildman–Crippen MR) is 105 cm³/mol. The molecule has 3 atom stereocenters. The first kappa shape index (κ1) is 18.3. The Morgan fingerprint density at radius 1 is 1.04 bits per heavy atom. The Morgan fingerprint density at radius 2 is 1.78 bits per heavy atom. The van der Waals surface area contributed by atoms with Crippen molar-refractivity contribution < 1.29 is 9.59 Å². The molecule has 3 fully saturated rings. The second kappa shape index (κ2) is 8.30. The second-order valence-electron chi connectivity index (χ2n) is 7.97. The molecule has 3 aliphatic rings. The molecule has 0 radical (unpaired) electrons. The largest absolute Gasteiger partial charge is 0.368 e. The van der Waals surface area contributed by atoms with Crippen molar-refractivity contribution in [2.24, 2.45) is 5.92 Å². The molecular formula is C21H30N4O2. The number of rotatable bonds is 4. The fraction of sp³-hybridized carbons (Fsp3) is 0.619. The lowest BCUT2D eigenvalue weighted by molar-refractivity contribution is -0.134. The minimum atomic E-state index is -0.0635. The number of hydrogen-bond donors (Lipinski definition) is 2. The Kier molecular flexibility index (Phi) is 5.62. The highest BCUT2D eigenvalue weighted by atomic mass is 16.2. The predicted octanol–water partition coefficient (Wildman–Crippen LogP) is 1.72. The van der Waals surface area contributed by atoms with E-state index in [4.69, 9.17) is 0 Å². The van der Waals surface area contributed by atoms with Crippen LogP contribution in [0.3, 0.4) is 0 Å². The molecule has 1 aromatic rings. The number of piperazine rings is 1. The van der Waals surface area contributed by atoms with Gasteiger partial charge in [-0.1, -0.05) is 31.0 Å². The molecule has 0 aromatic heterocycles. The van der Waals surface area contributed by atoms with Gasteiger partial charge in [0.2, 0.25) is 11.8 Å². The lowest BCUT2D eigenvalue weighted by Crippen LogP contribution is -2.62. The summed E-state index contributed by atoms with van der Waals surface area (Å²) in [5, 5.41) is 6.64. The van der Waals surface area contributed by atoms with Gasteiger partial charge in [0, 0.05) is 44.3 Å². The number of amides is 2. The Labute approximate surface area is 161 Å². The van der Waals surface area contributed by atoms with Crippen LogP contribution in [0.4, 0.5) is 5.69 Å². The Morgan fingerprint density at radius 3 is 2.56 bits per heavy atom. The number of fused-ring (bicyclic) bond motifs is 1. The maximum atomic E-state index is 12.6. The van der Waals surface area contributed by atoms with Crippen molar-refractivity contribution in [1.82, 2.24) is 15.5 Å². The zero-order valence-electron chi connectivity index (χ0n) is 15.9. The summed E-state index contributed by atoms with van der Waals surface area (Å²) < 4.78 is 0. The van der Waals surface area contributed by atoms with E-state index < -0.39 is 0 Å². The highest BCUT2D eigenvalue weighted by Crippen LogP contribution is 2.27. The van der Waals surface area contributed by atoms with Gasteiger partial charge in [-0.2, -0.15) is 0 Å². The molecule has 2 aliphatic heterocycles. The first-order valence-corrected chi connectivity index (χ1v) is 10.3. The van der Waals surface area contributed by atoms with Crippen LogP contribution in [-0.4, -0.2) is 55.1 Å². The molecule has 146 valence electrons. The van der Waals surface area contributed by atoms with E-state index in [1.54, 1.807) is 0 Å². The summed E-state index contributed by atoms with van der Waals surface area (Å²) in [4.78, 5) is 29.2. The maximum Gasteiger partial charge on any atom is 0.225 e. The highest BCUT2D eigenvalue weighted by Gasteiger charge is 2.37. The minimum absolute atomic E-state index is 0.0635. The molecule has 6 nitrogen and oxygen atoms in total. The summed E-state index contributed by atoms with van der Waals surface area (Å²) in [6.45, 7) is 3.28. The summed E-state index contributed by atoms with van der Waals surface area (Å²) in [7, 11) is 0. The van der Waals surface area contributed by atoms with Crippen molar-refractivity contribution in [1.29, 1.82) is 0 Å². The third kappa shape index (κ3) is 4.26. The van der Waals surface area contributed by atoms with E-state index in [1.165, 1.54) is 12.1 Å². The van der Waals surface area contributed by atoms with E-state index in [2.05, 4.69) is 39.8 Å². The zero-order valence-corrected chi connectivity index (χ0v) is 15.9. The monoisotopic (exact) mass is 370 g/mol. The van der Waals surface area contributed by atoms with Crippen molar-refractivity contribution in [3.63, 3.8) is 0 Å². The summed E-state index contributed by atoms with van der Waals surface area (Å²) in [6.07, 6.45) is 5.50. The molecule has 1 saturated carbocycles. The van der Waals surface area contributed by atoms with E-state index in [0.717, 1.165) is 45.4 Å². The number of benzene rings is 1. The number of carbonyl (C=O) groups is 2. The van der Waals surface area contributed by atoms with Gasteiger partial charge in [-0.15, -0.1) is 0 Å². The van der Waals surface area contributed by atoms with Crippen molar-refractivity contribution in [2.45, 2.75) is 50.7 Å². The summed E-state index contributed by atoms with van der Waals surface area (Å²) in [6, 6.07) is 10.7. The van der Waals surface area contributed by atoms with E-state index in [9.17, 15) is 9.59 Å². The number of hydrogen-bond acceptors (Lipinski definition) is 4. The molecule has 3 unspecified atom stereocenters. The van der Waals surface area contributed by atoms with Crippen LogP contribution in [-0.2, 0) is 9.59 Å². The van der Waals surface area contributed by atoms with Gasteiger partial charge < -0.3 is 15.1 Å². The molecule has 0 spiro atoms. The van der Waals surface area contributed by atoms with Crippen LogP contribution in [0.1, 0.15) is 38.5 Å². The van der Waals surface area contributed by atoms with Crippen LogP contribution < -0.4 is 15.5 Å². The number of nitrogens with zero attached hydrogens (tertiary/aromatic N) is 2. The van der Waals surface area contributed by atoms with Crippen LogP contribution in [0.5, 0.6) is 0 Å². The van der Waals surface area contributed by atoms with Crippen LogP contribution in [0.15, 0.2) is 30.3 Å². The smallest absolute Gasteiger partial charge is 0.225 e. The summed E-state index contributed by atoms with van der Waals surface area (Å²) in [5.74, 6) is 0.494. The van der Waals surface area contributed by atoms with Crippen LogP contribution in [0, 0.1) is 5.92 Å². The topological polar surface area (TPSA) is 64.7 Å². The SMILES string of the molecule is O=C1NC(CCC(=O)N2CCN(c3ccccc3)CC2)NC2CCCCC12. The Hall–Kier alpha value is -2.08. The quantitative estimate of drug-likeness (QED) is 0.847. The summed E-state index contributed by atoms with van der Waals surface area (Å²) in [5.41, 5.74) is 1.22. The molecule has 1 aromatic carbocycles. The minimum Gasteiger partial charge on any atom is -0.368 e. The first-order valence-electron chi connectivity index (χ1n) is 10.3. The van der Waals surface area contributed by atoms with E-state index >= 15 is 0 Å². The first-order chi connectivity index (χ1) is 13.2. The average Bonchev–Trinajstić information content (AvgIpc) is 2.73. The molecular weight excluding hydrogens is 340 g/mol. The molecule has 27 heavy (non-hydrogen) atoms. The van der Waals surface area contributed by atoms with Crippen LogP contribution >= 0.6 is 0 Å². The van der Waals surface area contributed by atoms with Gasteiger partial charge in [0.1, 0.15) is 0 Å². The zero-order chi connectivity index (χ0) is 18.6. The standard InChI is InChI=1S/C21H30N4O2/c26-20(25-14-12-24(13-15-25)16-6-2-1-3-7-16)11-10-19-22-18-9-5-4-8-17(18)21(27)23-19/h1-3,6-7,17-19,22H,4-5,8-15H2,(H,23,27). The van der Waals surface area contributed by atoms with Gasteiger partial charge in [0.15, 0.2) is 0 Å². The second-order valence-corrected chi connectivity index (χ2v) is 7.97. The van der Waals surface area contributed by atoms with Crippen LogP contribution in [0.2, 0.25) is 0 Å². The fourth-order valence-corrected chi connectivity index (χ4v) is 4.66. The molecule has 2 amide bonds. The number of para-hydroxylation sites is 1. The third-order valence-electron chi connectivity index (χ3n) is 6.24. The summed E-state index contributed by atoms with van der Waals surface area (Å²) >= 11 is 0. The highest BCUT2D eigenvalue weighted by molar-refractivity contribution is 5.81. The number of anilines is 1. The van der Waals surface area contributed by atoms with Gasteiger partial charge in [0.05, 0.1) is 12.1 Å². The lowest BCUT2D eigenvalue weighted by Gasteiger charge is -2.40. The molecule has 1 aliphatic carbocycles. The van der Waals surface area contributed by atoms with E-state index in [1.807, 2.05) is 11.0 Å². The van der Waals surface area contributed by atoms with E-state index in [-0.39, 0.29) is 23.9 Å². The van der Waals surface area contributed by atoms with Crippen molar-refractivity contribution >= 4 is 17.5 Å². The van der Waals surface area contributed by atoms with Crippen molar-refractivity contribution in [3.8, 4) is 0 Å². The molecule has 6 heteroatoms. The molecule has 2 heterocycles. The molecule has 2 saturated heterocycles. The molecule has 4 rings (SSSR count). The van der Waals surface area contributed by atoms with Gasteiger partial charge in [-0.25, -0.2) is 0 Å². The third-order valence-corrected chi connectivity index (χ3v) is 6.24. The number of carbonyl (C=O) groups excluding carboxylic acids is 2. The van der Waals surface area contributed by atoms with Gasteiger partial charge in [-0.05, 0) is 31.4 Å². The maximum absolute atomic E-state index is 12.6. The lowest BCUT2D eigenvalue weighted by atomic mass is 9.82. The Balaban J connectivity index is 1.23. The normalized spacial score (nSPS) is 28.4. The molecule has 2 N–H and O–H groups in total. The van der Waals surface area contributed by atoms with E-state index in [0.29, 0.717) is 18.9 Å². The number of nitrogens with one attached hydrogen (secondary N) is 2. The van der Waals surface area contributed by atoms with Gasteiger partial charge >= 0.3 is 0 Å². The van der Waals surface area contributed by atoms with Crippen LogP contribution in [0.25, 0.3) is 0 Å². The fourth-order valence-electron chi connectivity index (χ4n) is 4.66. The van der Waals surface area contributed by atoms with Crippen molar-refractivity contribution in [2.75, 3.05) is 31.1 Å². The average molecular weight is 370 g/mol. The van der Waals surface area contributed by atoms with Gasteiger partial charge in [-0.3, -0.25) is 14.9 Å². The van der Waals surface area contributed by atoms with Gasteiger partial charge in [0.25, 0.3) is 0 Å².